The molecule has 0 spiro atoms. The number of hydrogen-bond donors (Lipinski definition) is 3. The topological polar surface area (TPSA) is 141 Å². The van der Waals surface area contributed by atoms with Gasteiger partial charge in [-0.1, -0.05) is 20.8 Å². The average Bonchev–Trinajstić information content (AvgIpc) is 3.16. The van der Waals surface area contributed by atoms with E-state index in [-0.39, 0.29) is 54.1 Å². The van der Waals surface area contributed by atoms with Crippen LogP contribution in [-0.4, -0.2) is 71.7 Å². The third-order valence-electron chi connectivity index (χ3n) is 9.38. The van der Waals surface area contributed by atoms with Gasteiger partial charge in [0.1, 0.15) is 30.4 Å². The molecule has 5 rings (SSSR count). The number of likely N-dealkylation sites (tertiary alicyclic amines) is 1. The van der Waals surface area contributed by atoms with E-state index in [1.807, 2.05) is 27.7 Å². The van der Waals surface area contributed by atoms with Crippen LogP contribution in [-0.2, 0) is 19.1 Å². The highest BCUT2D eigenvalue weighted by Gasteiger charge is 2.63. The van der Waals surface area contributed by atoms with Gasteiger partial charge >= 0.3 is 6.09 Å². The SMILES string of the molecule is CC1CC(CC(C#N)NC(=O)C2C3C4CC(CC4F)C3CN2C(=O)C(NC(=O)OC2CC2)C(C)(C)C)C(=O)N1. The summed E-state index contributed by atoms with van der Waals surface area (Å²) in [5.74, 6) is -2.02. The van der Waals surface area contributed by atoms with Crippen LogP contribution >= 0.6 is 0 Å². The molecule has 11 heteroatoms. The van der Waals surface area contributed by atoms with Crippen molar-refractivity contribution in [3.63, 3.8) is 0 Å². The van der Waals surface area contributed by atoms with Crippen LogP contribution < -0.4 is 16.0 Å². The minimum atomic E-state index is -1.03. The Kier molecular flexibility index (Phi) is 7.27. The molecule has 10 atom stereocenters. The summed E-state index contributed by atoms with van der Waals surface area (Å²) in [4.78, 5) is 54.2. The summed E-state index contributed by atoms with van der Waals surface area (Å²) >= 11 is 0. The number of alkyl halides is 1. The van der Waals surface area contributed by atoms with Crippen LogP contribution in [0.1, 0.15) is 66.2 Å². The van der Waals surface area contributed by atoms with Crippen LogP contribution in [0.4, 0.5) is 9.18 Å². The molecule has 4 amide bonds. The van der Waals surface area contributed by atoms with E-state index in [0.717, 1.165) is 12.8 Å². The van der Waals surface area contributed by atoms with Gasteiger partial charge in [0.2, 0.25) is 17.7 Å². The van der Waals surface area contributed by atoms with Gasteiger partial charge in [0.25, 0.3) is 0 Å². The van der Waals surface area contributed by atoms with Crippen molar-refractivity contribution in [2.75, 3.05) is 6.54 Å². The van der Waals surface area contributed by atoms with E-state index in [1.165, 1.54) is 4.90 Å². The first-order chi connectivity index (χ1) is 18.4. The van der Waals surface area contributed by atoms with E-state index < -0.39 is 47.6 Å². The van der Waals surface area contributed by atoms with E-state index in [4.69, 9.17) is 4.74 Å². The molecule has 0 radical (unpaired) electrons. The number of hydrogen-bond acceptors (Lipinski definition) is 6. The molecule has 214 valence electrons. The van der Waals surface area contributed by atoms with Crippen LogP contribution in [0.15, 0.2) is 0 Å². The molecule has 2 saturated heterocycles. The molecule has 10 unspecified atom stereocenters. The quantitative estimate of drug-likeness (QED) is 0.447. The van der Waals surface area contributed by atoms with Crippen molar-refractivity contribution in [2.24, 2.45) is 35.0 Å². The fraction of sp³-hybridized carbons (Fsp3) is 0.821. The summed E-state index contributed by atoms with van der Waals surface area (Å²) in [6.45, 7) is 7.70. The molecule has 3 aliphatic carbocycles. The first-order valence-corrected chi connectivity index (χ1v) is 14.3. The van der Waals surface area contributed by atoms with Gasteiger partial charge in [-0.2, -0.15) is 5.26 Å². The van der Waals surface area contributed by atoms with Crippen LogP contribution in [0.2, 0.25) is 0 Å². The largest absolute Gasteiger partial charge is 0.446 e. The second-order valence-corrected chi connectivity index (χ2v) is 13.4. The minimum Gasteiger partial charge on any atom is -0.446 e. The molecule has 5 fully saturated rings. The maximum atomic E-state index is 14.9. The fourth-order valence-corrected chi connectivity index (χ4v) is 7.41. The monoisotopic (exact) mass is 545 g/mol. The third-order valence-corrected chi connectivity index (χ3v) is 9.38. The maximum absolute atomic E-state index is 14.9. The molecule has 0 aromatic rings. The van der Waals surface area contributed by atoms with Gasteiger partial charge in [0.15, 0.2) is 0 Å². The highest BCUT2D eigenvalue weighted by atomic mass is 19.1. The van der Waals surface area contributed by atoms with Crippen molar-refractivity contribution in [1.82, 2.24) is 20.9 Å². The molecule has 0 aromatic heterocycles. The molecule has 3 N–H and O–H groups in total. The third kappa shape index (κ3) is 5.44. The Bertz CT molecular complexity index is 1070. The molecular formula is C28H40FN5O5. The second-order valence-electron chi connectivity index (χ2n) is 13.4. The molecule has 3 saturated carbocycles. The summed E-state index contributed by atoms with van der Waals surface area (Å²) in [5, 5.41) is 18.2. The van der Waals surface area contributed by atoms with Crippen molar-refractivity contribution < 1.29 is 28.3 Å². The van der Waals surface area contributed by atoms with Crippen LogP contribution in [0.5, 0.6) is 0 Å². The number of nitriles is 1. The summed E-state index contributed by atoms with van der Waals surface area (Å²) in [5.41, 5.74) is -0.679. The van der Waals surface area contributed by atoms with Gasteiger partial charge in [-0.05, 0) is 74.5 Å². The van der Waals surface area contributed by atoms with Gasteiger partial charge in [-0.3, -0.25) is 14.4 Å². The van der Waals surface area contributed by atoms with E-state index in [9.17, 15) is 28.8 Å². The fourth-order valence-electron chi connectivity index (χ4n) is 7.41. The predicted molar refractivity (Wildman–Crippen MR) is 137 cm³/mol. The Morgan fingerprint density at radius 1 is 1.18 bits per heavy atom. The van der Waals surface area contributed by atoms with Crippen molar-refractivity contribution >= 4 is 23.8 Å². The lowest BCUT2D eigenvalue weighted by Gasteiger charge is -2.37. The lowest BCUT2D eigenvalue weighted by Crippen LogP contribution is -2.59. The second kappa shape index (κ2) is 10.3. The van der Waals surface area contributed by atoms with E-state index in [1.54, 1.807) is 0 Å². The molecule has 2 bridgehead atoms. The zero-order valence-corrected chi connectivity index (χ0v) is 23.1. The highest BCUT2D eigenvalue weighted by Crippen LogP contribution is 2.58. The van der Waals surface area contributed by atoms with E-state index in [2.05, 4.69) is 22.0 Å². The van der Waals surface area contributed by atoms with Crippen molar-refractivity contribution in [3.8, 4) is 6.07 Å². The first-order valence-electron chi connectivity index (χ1n) is 14.3. The minimum absolute atomic E-state index is 0.00482. The number of nitrogens with one attached hydrogen (secondary N) is 3. The number of carbonyl (C=O) groups is 4. The Morgan fingerprint density at radius 3 is 2.49 bits per heavy atom. The number of amides is 4. The molecule has 2 aliphatic heterocycles. The Balaban J connectivity index is 1.37. The van der Waals surface area contributed by atoms with Gasteiger partial charge in [-0.25, -0.2) is 9.18 Å². The molecule has 5 aliphatic rings. The Morgan fingerprint density at radius 2 is 1.90 bits per heavy atom. The first kappa shape index (κ1) is 27.7. The molecule has 0 aromatic carbocycles. The zero-order valence-electron chi connectivity index (χ0n) is 23.1. The van der Waals surface area contributed by atoms with Crippen LogP contribution in [0.25, 0.3) is 0 Å². The Labute approximate surface area is 228 Å². The van der Waals surface area contributed by atoms with Gasteiger partial charge < -0.3 is 25.6 Å². The van der Waals surface area contributed by atoms with Crippen LogP contribution in [0.3, 0.4) is 0 Å². The maximum Gasteiger partial charge on any atom is 0.408 e. The Hall–Kier alpha value is -2.90. The summed E-state index contributed by atoms with van der Waals surface area (Å²) in [6.07, 6.45) is 1.66. The standard InChI is InChI=1S/C28H40FN5O5/c1-13-7-15(24(35)31-13)8-16(11-30)32-25(36)22-21-18-9-14(10-20(18)29)19(21)12-34(22)26(37)23(28(2,3)4)33-27(38)39-17-5-6-17/h13-23H,5-10,12H2,1-4H3,(H,31,35)(H,32,36)(H,33,38). The van der Waals surface area contributed by atoms with Gasteiger partial charge in [-0.15, -0.1) is 0 Å². The highest BCUT2D eigenvalue weighted by molar-refractivity contribution is 5.93. The zero-order chi connectivity index (χ0) is 28.2. The van der Waals surface area contributed by atoms with E-state index in [0.29, 0.717) is 25.8 Å². The number of rotatable bonds is 7. The van der Waals surface area contributed by atoms with E-state index >= 15 is 0 Å². The number of nitrogens with zero attached hydrogens (tertiary/aromatic N) is 2. The van der Waals surface area contributed by atoms with Crippen molar-refractivity contribution in [1.29, 1.82) is 5.26 Å². The number of alkyl carbamates (subject to hydrolysis) is 1. The normalized spacial score (nSPS) is 36.5. The smallest absolute Gasteiger partial charge is 0.408 e. The van der Waals surface area contributed by atoms with Crippen LogP contribution in [0, 0.1) is 46.3 Å². The van der Waals surface area contributed by atoms with Gasteiger partial charge in [0.05, 0.1) is 6.07 Å². The molecule has 2 heterocycles. The predicted octanol–water partition coefficient (Wildman–Crippen LogP) is 2.03. The molecule has 10 nitrogen and oxygen atoms in total. The lowest BCUT2D eigenvalue weighted by atomic mass is 9.77. The lowest BCUT2D eigenvalue weighted by molar-refractivity contribution is -0.143. The average molecular weight is 546 g/mol. The summed E-state index contributed by atoms with van der Waals surface area (Å²) in [7, 11) is 0. The number of ether oxygens (including phenoxy) is 1. The van der Waals surface area contributed by atoms with Crippen molar-refractivity contribution in [3.05, 3.63) is 0 Å². The number of carbonyl (C=O) groups excluding carboxylic acids is 4. The molecule has 39 heavy (non-hydrogen) atoms. The number of fused-ring (bicyclic) bond motifs is 5. The number of halogens is 1. The summed E-state index contributed by atoms with van der Waals surface area (Å²) < 4.78 is 20.3. The molecular weight excluding hydrogens is 505 g/mol. The summed E-state index contributed by atoms with van der Waals surface area (Å²) in [6, 6.07) is -0.714. The van der Waals surface area contributed by atoms with Gasteiger partial charge in [0, 0.05) is 18.5 Å². The van der Waals surface area contributed by atoms with Crippen molar-refractivity contribution in [2.45, 2.75) is 103 Å².